The quantitative estimate of drug-likeness (QED) is 0.534. The SMILES string of the molecule is CCN(C)CCNC(C)C(=O)NCCOC. The van der Waals surface area contributed by atoms with Crippen LogP contribution in [0.1, 0.15) is 13.8 Å². The van der Waals surface area contributed by atoms with E-state index in [0.29, 0.717) is 13.2 Å². The summed E-state index contributed by atoms with van der Waals surface area (Å²) in [7, 11) is 3.68. The van der Waals surface area contributed by atoms with Crippen molar-refractivity contribution in [3.8, 4) is 0 Å². The lowest BCUT2D eigenvalue weighted by Crippen LogP contribution is -2.45. The maximum absolute atomic E-state index is 11.5. The second-order valence-electron chi connectivity index (χ2n) is 3.86. The van der Waals surface area contributed by atoms with Gasteiger partial charge in [-0.1, -0.05) is 6.92 Å². The lowest BCUT2D eigenvalue weighted by molar-refractivity contribution is -0.122. The number of carbonyl (C=O) groups excluding carboxylic acids is 1. The summed E-state index contributed by atoms with van der Waals surface area (Å²) in [6.45, 7) is 7.90. The molecule has 5 nitrogen and oxygen atoms in total. The Labute approximate surface area is 98.5 Å². The number of ether oxygens (including phenoxy) is 1. The molecule has 0 aromatic heterocycles. The van der Waals surface area contributed by atoms with Crippen molar-refractivity contribution in [3.63, 3.8) is 0 Å². The Morgan fingerprint density at radius 1 is 1.44 bits per heavy atom. The predicted molar refractivity (Wildman–Crippen MR) is 65.5 cm³/mol. The first kappa shape index (κ1) is 15.3. The zero-order valence-electron chi connectivity index (χ0n) is 10.9. The molecule has 0 aliphatic heterocycles. The molecule has 0 aliphatic rings. The molecule has 1 atom stereocenters. The summed E-state index contributed by atoms with van der Waals surface area (Å²) in [5.74, 6) is 0.0243. The van der Waals surface area contributed by atoms with Crippen LogP contribution in [0.3, 0.4) is 0 Å². The molecule has 96 valence electrons. The number of rotatable bonds is 9. The van der Waals surface area contributed by atoms with E-state index in [4.69, 9.17) is 4.74 Å². The third-order valence-corrected chi connectivity index (χ3v) is 2.48. The van der Waals surface area contributed by atoms with Crippen molar-refractivity contribution in [1.82, 2.24) is 15.5 Å². The summed E-state index contributed by atoms with van der Waals surface area (Å²) < 4.78 is 4.86. The number of hydrogen-bond donors (Lipinski definition) is 2. The summed E-state index contributed by atoms with van der Waals surface area (Å²) in [4.78, 5) is 13.7. The van der Waals surface area contributed by atoms with Crippen molar-refractivity contribution >= 4 is 5.91 Å². The molecule has 2 N–H and O–H groups in total. The van der Waals surface area contributed by atoms with E-state index in [1.807, 2.05) is 6.92 Å². The van der Waals surface area contributed by atoms with E-state index in [9.17, 15) is 4.79 Å². The molecule has 0 heterocycles. The zero-order valence-corrected chi connectivity index (χ0v) is 10.9. The monoisotopic (exact) mass is 231 g/mol. The fourth-order valence-electron chi connectivity index (χ4n) is 1.15. The van der Waals surface area contributed by atoms with Crippen LogP contribution in [0.15, 0.2) is 0 Å². The molecular formula is C11H25N3O2. The van der Waals surface area contributed by atoms with Crippen LogP contribution in [0, 0.1) is 0 Å². The highest BCUT2D eigenvalue weighted by Crippen LogP contribution is 1.83. The largest absolute Gasteiger partial charge is 0.383 e. The van der Waals surface area contributed by atoms with Gasteiger partial charge in [-0.15, -0.1) is 0 Å². The highest BCUT2D eigenvalue weighted by molar-refractivity contribution is 5.81. The average Bonchev–Trinajstić information content (AvgIpc) is 2.28. The minimum absolute atomic E-state index is 0.0243. The first-order valence-electron chi connectivity index (χ1n) is 5.80. The molecule has 0 spiro atoms. The molecule has 1 amide bonds. The van der Waals surface area contributed by atoms with Gasteiger partial charge >= 0.3 is 0 Å². The fourth-order valence-corrected chi connectivity index (χ4v) is 1.15. The topological polar surface area (TPSA) is 53.6 Å². The van der Waals surface area contributed by atoms with Crippen LogP contribution >= 0.6 is 0 Å². The minimum Gasteiger partial charge on any atom is -0.383 e. The molecule has 16 heavy (non-hydrogen) atoms. The second-order valence-corrected chi connectivity index (χ2v) is 3.86. The zero-order chi connectivity index (χ0) is 12.4. The predicted octanol–water partition coefficient (Wildman–Crippen LogP) is -0.321. The second kappa shape index (κ2) is 9.57. The van der Waals surface area contributed by atoms with Gasteiger partial charge in [0.15, 0.2) is 0 Å². The average molecular weight is 231 g/mol. The summed E-state index contributed by atoms with van der Waals surface area (Å²) in [5, 5.41) is 5.98. The number of methoxy groups -OCH3 is 1. The van der Waals surface area contributed by atoms with Crippen LogP contribution in [0.5, 0.6) is 0 Å². The molecule has 0 radical (unpaired) electrons. The molecule has 0 saturated carbocycles. The maximum atomic E-state index is 11.5. The Morgan fingerprint density at radius 3 is 2.69 bits per heavy atom. The number of nitrogens with one attached hydrogen (secondary N) is 2. The maximum Gasteiger partial charge on any atom is 0.236 e. The molecule has 0 rings (SSSR count). The summed E-state index contributed by atoms with van der Waals surface area (Å²) >= 11 is 0. The Balaban J connectivity index is 3.55. The van der Waals surface area contributed by atoms with E-state index in [1.165, 1.54) is 0 Å². The van der Waals surface area contributed by atoms with E-state index in [2.05, 4.69) is 29.5 Å². The molecule has 0 bridgehead atoms. The van der Waals surface area contributed by atoms with E-state index in [0.717, 1.165) is 19.6 Å². The lowest BCUT2D eigenvalue weighted by Gasteiger charge is -2.17. The normalized spacial score (nSPS) is 12.8. The van der Waals surface area contributed by atoms with Gasteiger partial charge in [-0.05, 0) is 20.5 Å². The fraction of sp³-hybridized carbons (Fsp3) is 0.909. The highest BCUT2D eigenvalue weighted by Gasteiger charge is 2.10. The van der Waals surface area contributed by atoms with Gasteiger partial charge < -0.3 is 20.3 Å². The first-order chi connectivity index (χ1) is 7.61. The number of hydrogen-bond acceptors (Lipinski definition) is 4. The molecule has 0 saturated heterocycles. The van der Waals surface area contributed by atoms with Crippen molar-refractivity contribution in [1.29, 1.82) is 0 Å². The van der Waals surface area contributed by atoms with Crippen LogP contribution in [-0.4, -0.2) is 63.8 Å². The van der Waals surface area contributed by atoms with Crippen LogP contribution in [0.4, 0.5) is 0 Å². The number of carbonyl (C=O) groups is 1. The molecular weight excluding hydrogens is 206 g/mol. The summed E-state index contributed by atoms with van der Waals surface area (Å²) in [6, 6.07) is -0.151. The number of amides is 1. The Hall–Kier alpha value is -0.650. The van der Waals surface area contributed by atoms with E-state index in [-0.39, 0.29) is 11.9 Å². The smallest absolute Gasteiger partial charge is 0.236 e. The van der Waals surface area contributed by atoms with Crippen LogP contribution in [0.25, 0.3) is 0 Å². The van der Waals surface area contributed by atoms with Crippen LogP contribution in [0.2, 0.25) is 0 Å². The Kier molecular flexibility index (Phi) is 9.18. The Morgan fingerprint density at radius 2 is 2.12 bits per heavy atom. The molecule has 0 aliphatic carbocycles. The summed E-state index contributed by atoms with van der Waals surface area (Å²) in [6.07, 6.45) is 0. The van der Waals surface area contributed by atoms with Gasteiger partial charge in [-0.2, -0.15) is 0 Å². The molecule has 5 heteroatoms. The lowest BCUT2D eigenvalue weighted by atomic mass is 10.3. The first-order valence-corrected chi connectivity index (χ1v) is 5.80. The third-order valence-electron chi connectivity index (χ3n) is 2.48. The van der Waals surface area contributed by atoms with Crippen molar-refractivity contribution in [2.75, 3.05) is 46.9 Å². The van der Waals surface area contributed by atoms with Crippen LogP contribution in [-0.2, 0) is 9.53 Å². The van der Waals surface area contributed by atoms with Gasteiger partial charge in [0.25, 0.3) is 0 Å². The van der Waals surface area contributed by atoms with Crippen LogP contribution < -0.4 is 10.6 Å². The molecule has 0 aromatic rings. The summed E-state index contributed by atoms with van der Waals surface area (Å²) in [5.41, 5.74) is 0. The van der Waals surface area contributed by atoms with Gasteiger partial charge in [0.2, 0.25) is 5.91 Å². The van der Waals surface area contributed by atoms with Gasteiger partial charge in [-0.25, -0.2) is 0 Å². The Bertz CT molecular complexity index is 188. The van der Waals surface area contributed by atoms with Crippen molar-refractivity contribution in [2.45, 2.75) is 19.9 Å². The van der Waals surface area contributed by atoms with Gasteiger partial charge in [0.05, 0.1) is 12.6 Å². The standard InChI is InChI=1S/C11H25N3O2/c1-5-14(3)8-6-12-10(2)11(15)13-7-9-16-4/h10,12H,5-9H2,1-4H3,(H,13,15). The van der Waals surface area contributed by atoms with Gasteiger partial charge in [0.1, 0.15) is 0 Å². The van der Waals surface area contributed by atoms with Crippen molar-refractivity contribution in [2.24, 2.45) is 0 Å². The van der Waals surface area contributed by atoms with Crippen molar-refractivity contribution < 1.29 is 9.53 Å². The minimum atomic E-state index is -0.151. The molecule has 0 fully saturated rings. The number of nitrogens with zero attached hydrogens (tertiary/aromatic N) is 1. The van der Waals surface area contributed by atoms with E-state index in [1.54, 1.807) is 7.11 Å². The van der Waals surface area contributed by atoms with E-state index >= 15 is 0 Å². The molecule has 0 aromatic carbocycles. The van der Waals surface area contributed by atoms with Gasteiger partial charge in [-0.3, -0.25) is 4.79 Å². The van der Waals surface area contributed by atoms with Gasteiger partial charge in [0, 0.05) is 26.7 Å². The number of likely N-dealkylation sites (N-methyl/N-ethyl adjacent to an activating group) is 1. The molecule has 1 unspecified atom stereocenters. The van der Waals surface area contributed by atoms with Crippen molar-refractivity contribution in [3.05, 3.63) is 0 Å². The van der Waals surface area contributed by atoms with E-state index < -0.39 is 0 Å². The third kappa shape index (κ3) is 7.62. The highest BCUT2D eigenvalue weighted by atomic mass is 16.5.